The van der Waals surface area contributed by atoms with E-state index in [0.717, 1.165) is 12.0 Å². The van der Waals surface area contributed by atoms with Gasteiger partial charge in [0.25, 0.3) is 0 Å². The van der Waals surface area contributed by atoms with Gasteiger partial charge >= 0.3 is 0 Å². The van der Waals surface area contributed by atoms with E-state index in [4.69, 9.17) is 5.21 Å². The lowest BCUT2D eigenvalue weighted by molar-refractivity contribution is 0.308. The fraction of sp³-hybridized carbons (Fsp3) is 0.667. The van der Waals surface area contributed by atoms with Gasteiger partial charge in [-0.3, -0.25) is 0 Å². The van der Waals surface area contributed by atoms with Crippen molar-refractivity contribution in [2.75, 3.05) is 0 Å². The van der Waals surface area contributed by atoms with Crippen molar-refractivity contribution < 1.29 is 5.21 Å². The molecule has 0 unspecified atom stereocenters. The lowest BCUT2D eigenvalue weighted by atomic mass is 9.82. The summed E-state index contributed by atoms with van der Waals surface area (Å²) in [6, 6.07) is 0. The maximum atomic E-state index is 8.69. The molecule has 0 spiro atoms. The monoisotopic (exact) mass is 155 g/mol. The Bertz CT molecular complexity index is 180. The molecule has 0 rings (SSSR count). The molecule has 0 heterocycles. The minimum atomic E-state index is -0.0689. The first-order valence-electron chi connectivity index (χ1n) is 3.84. The second-order valence-electron chi connectivity index (χ2n) is 3.47. The molecule has 1 N–H and O–H groups in total. The van der Waals surface area contributed by atoms with Gasteiger partial charge in [0.05, 0.1) is 5.71 Å². The lowest BCUT2D eigenvalue weighted by Gasteiger charge is -2.23. The molecule has 0 aromatic rings. The van der Waals surface area contributed by atoms with Crippen molar-refractivity contribution in [2.24, 2.45) is 10.6 Å². The molecule has 64 valence electrons. The number of nitrogens with zero attached hydrogens (tertiary/aromatic N) is 1. The molecule has 11 heavy (non-hydrogen) atoms. The minimum absolute atomic E-state index is 0.0689. The van der Waals surface area contributed by atoms with E-state index in [1.807, 2.05) is 20.8 Å². The molecule has 0 fully saturated rings. The van der Waals surface area contributed by atoms with E-state index in [1.165, 1.54) is 0 Å². The van der Waals surface area contributed by atoms with Gasteiger partial charge in [0.1, 0.15) is 0 Å². The third kappa shape index (κ3) is 2.37. The summed E-state index contributed by atoms with van der Waals surface area (Å²) in [5.74, 6) is 0. The largest absolute Gasteiger partial charge is 0.411 e. The number of oxime groups is 1. The summed E-state index contributed by atoms with van der Waals surface area (Å²) in [4.78, 5) is 0. The quantitative estimate of drug-likeness (QED) is 0.379. The highest BCUT2D eigenvalue weighted by atomic mass is 16.4. The topological polar surface area (TPSA) is 32.6 Å². The van der Waals surface area contributed by atoms with Gasteiger partial charge < -0.3 is 5.21 Å². The van der Waals surface area contributed by atoms with Crippen LogP contribution in [0.5, 0.6) is 0 Å². The summed E-state index contributed by atoms with van der Waals surface area (Å²) in [7, 11) is 0. The fourth-order valence-electron chi connectivity index (χ4n) is 0.966. The predicted molar refractivity (Wildman–Crippen MR) is 48.1 cm³/mol. The Morgan fingerprint density at radius 3 is 2.09 bits per heavy atom. The highest BCUT2D eigenvalue weighted by Crippen LogP contribution is 2.25. The van der Waals surface area contributed by atoms with Crippen LogP contribution in [0.1, 0.15) is 34.1 Å². The summed E-state index contributed by atoms with van der Waals surface area (Å²) in [6.45, 7) is 11.7. The Morgan fingerprint density at radius 2 is 2.00 bits per heavy atom. The van der Waals surface area contributed by atoms with Crippen LogP contribution in [0.2, 0.25) is 0 Å². The van der Waals surface area contributed by atoms with E-state index in [0.29, 0.717) is 5.71 Å². The Labute approximate surface area is 68.6 Å². The van der Waals surface area contributed by atoms with Crippen LogP contribution < -0.4 is 0 Å². The first-order valence-corrected chi connectivity index (χ1v) is 3.84. The van der Waals surface area contributed by atoms with Gasteiger partial charge in [-0.25, -0.2) is 0 Å². The van der Waals surface area contributed by atoms with Crippen LogP contribution in [0, 0.1) is 5.41 Å². The van der Waals surface area contributed by atoms with Crippen molar-refractivity contribution in [1.82, 2.24) is 0 Å². The first kappa shape index (κ1) is 10.2. The van der Waals surface area contributed by atoms with Crippen molar-refractivity contribution >= 4 is 5.71 Å². The number of allylic oxidation sites excluding steroid dienone is 1. The van der Waals surface area contributed by atoms with Crippen LogP contribution in [-0.4, -0.2) is 10.9 Å². The standard InChI is InChI=1S/C9H17NO/c1-6-9(4,5)8(10-11)7(2)3/h11H,2,6H2,1,3-5H3/b10-8+. The van der Waals surface area contributed by atoms with E-state index in [9.17, 15) is 0 Å². The molecule has 2 heteroatoms. The van der Waals surface area contributed by atoms with Gasteiger partial charge in [0.15, 0.2) is 0 Å². The van der Waals surface area contributed by atoms with Gasteiger partial charge in [-0.15, -0.1) is 0 Å². The minimum Gasteiger partial charge on any atom is -0.411 e. The molecule has 0 amide bonds. The first-order chi connectivity index (χ1) is 4.95. The van der Waals surface area contributed by atoms with Crippen molar-refractivity contribution in [2.45, 2.75) is 34.1 Å². The molecule has 0 saturated carbocycles. The van der Waals surface area contributed by atoms with E-state index in [-0.39, 0.29) is 5.41 Å². The molecule has 0 saturated heterocycles. The van der Waals surface area contributed by atoms with Crippen LogP contribution in [0.25, 0.3) is 0 Å². The molecule has 0 aromatic carbocycles. The molecule has 0 aliphatic heterocycles. The van der Waals surface area contributed by atoms with E-state index >= 15 is 0 Å². The number of hydrogen-bond acceptors (Lipinski definition) is 2. The van der Waals surface area contributed by atoms with Crippen molar-refractivity contribution in [3.05, 3.63) is 12.2 Å². The Kier molecular flexibility index (Phi) is 3.30. The van der Waals surface area contributed by atoms with Crippen LogP contribution in [0.3, 0.4) is 0 Å². The van der Waals surface area contributed by atoms with Crippen LogP contribution >= 0.6 is 0 Å². The molecule has 0 atom stereocenters. The summed E-state index contributed by atoms with van der Waals surface area (Å²) in [5, 5.41) is 11.9. The summed E-state index contributed by atoms with van der Waals surface area (Å²) < 4.78 is 0. The van der Waals surface area contributed by atoms with Gasteiger partial charge in [0.2, 0.25) is 0 Å². The predicted octanol–water partition coefficient (Wildman–Crippen LogP) is 2.83. The summed E-state index contributed by atoms with van der Waals surface area (Å²) >= 11 is 0. The van der Waals surface area contributed by atoms with Crippen molar-refractivity contribution in [3.63, 3.8) is 0 Å². The molecular formula is C9H17NO. The SMILES string of the molecule is C=C(C)/C(=N\O)C(C)(C)CC. The molecule has 0 radical (unpaired) electrons. The van der Waals surface area contributed by atoms with Crippen molar-refractivity contribution in [3.8, 4) is 0 Å². The lowest BCUT2D eigenvalue weighted by Crippen LogP contribution is -2.23. The van der Waals surface area contributed by atoms with Gasteiger partial charge in [0, 0.05) is 5.41 Å². The molecule has 0 bridgehead atoms. The average Bonchev–Trinajstić information content (AvgIpc) is 1.88. The normalized spacial score (nSPS) is 13.3. The van der Waals surface area contributed by atoms with Crippen molar-refractivity contribution in [1.29, 1.82) is 0 Å². The molecule has 2 nitrogen and oxygen atoms in total. The highest BCUT2D eigenvalue weighted by Gasteiger charge is 2.23. The third-order valence-electron chi connectivity index (χ3n) is 2.03. The second-order valence-corrected chi connectivity index (χ2v) is 3.47. The average molecular weight is 155 g/mol. The smallest absolute Gasteiger partial charge is 0.0874 e. The Morgan fingerprint density at radius 1 is 1.55 bits per heavy atom. The zero-order valence-corrected chi connectivity index (χ0v) is 7.81. The Hall–Kier alpha value is -0.790. The highest BCUT2D eigenvalue weighted by molar-refractivity contribution is 6.02. The van der Waals surface area contributed by atoms with Gasteiger partial charge in [-0.05, 0) is 18.9 Å². The van der Waals surface area contributed by atoms with E-state index < -0.39 is 0 Å². The van der Waals surface area contributed by atoms with Crippen LogP contribution in [-0.2, 0) is 0 Å². The van der Waals surface area contributed by atoms with Gasteiger partial charge in [-0.1, -0.05) is 32.5 Å². The fourth-order valence-corrected chi connectivity index (χ4v) is 0.966. The maximum Gasteiger partial charge on any atom is 0.0874 e. The van der Waals surface area contributed by atoms with E-state index in [2.05, 4.69) is 18.7 Å². The number of rotatable bonds is 3. The Balaban J connectivity index is 4.66. The molecule has 0 aliphatic carbocycles. The zero-order chi connectivity index (χ0) is 9.07. The second kappa shape index (κ2) is 3.56. The maximum absolute atomic E-state index is 8.69. The summed E-state index contributed by atoms with van der Waals surface area (Å²) in [6.07, 6.45) is 0.944. The zero-order valence-electron chi connectivity index (χ0n) is 7.81. The van der Waals surface area contributed by atoms with E-state index in [1.54, 1.807) is 0 Å². The molecular weight excluding hydrogens is 138 g/mol. The molecule has 0 aliphatic rings. The third-order valence-corrected chi connectivity index (χ3v) is 2.03. The van der Waals surface area contributed by atoms with Crippen LogP contribution in [0.4, 0.5) is 0 Å². The molecule has 0 aromatic heterocycles. The van der Waals surface area contributed by atoms with Gasteiger partial charge in [-0.2, -0.15) is 0 Å². The number of hydrogen-bond donors (Lipinski definition) is 1. The van der Waals surface area contributed by atoms with Crippen LogP contribution in [0.15, 0.2) is 17.3 Å². The summed E-state index contributed by atoms with van der Waals surface area (Å²) in [5.41, 5.74) is 1.46.